The molecule has 6 heteroatoms. The standard InChI is InChI=1S/C10H9Br2NO3/c1-5(14)6-3-7(11)9(8(12)4-6)13-10(15)16-2/h3-4H,1-2H3,(H,13,15). The lowest BCUT2D eigenvalue weighted by atomic mass is 10.1. The van der Waals surface area contributed by atoms with E-state index in [9.17, 15) is 9.59 Å². The highest BCUT2D eigenvalue weighted by atomic mass is 79.9. The Hall–Kier alpha value is -0.880. The number of nitrogens with one attached hydrogen (secondary N) is 1. The van der Waals surface area contributed by atoms with Gasteiger partial charge in [0.1, 0.15) is 0 Å². The Balaban J connectivity index is 3.12. The van der Waals surface area contributed by atoms with E-state index >= 15 is 0 Å². The highest BCUT2D eigenvalue weighted by Crippen LogP contribution is 2.32. The van der Waals surface area contributed by atoms with Gasteiger partial charge in [0.15, 0.2) is 5.78 Å². The maximum Gasteiger partial charge on any atom is 0.411 e. The topological polar surface area (TPSA) is 55.4 Å². The van der Waals surface area contributed by atoms with Crippen LogP contribution < -0.4 is 5.32 Å². The van der Waals surface area contributed by atoms with E-state index in [1.54, 1.807) is 12.1 Å². The molecule has 4 nitrogen and oxygen atoms in total. The fourth-order valence-corrected chi connectivity index (χ4v) is 2.43. The molecule has 0 radical (unpaired) electrons. The first-order chi connectivity index (χ1) is 7.45. The Bertz CT molecular complexity index is 423. The third-order valence-electron chi connectivity index (χ3n) is 1.86. The molecule has 1 aromatic rings. The van der Waals surface area contributed by atoms with E-state index in [2.05, 4.69) is 41.9 Å². The van der Waals surface area contributed by atoms with Gasteiger partial charge in [-0.3, -0.25) is 10.1 Å². The van der Waals surface area contributed by atoms with Gasteiger partial charge in [0.25, 0.3) is 0 Å². The van der Waals surface area contributed by atoms with Crippen molar-refractivity contribution in [2.75, 3.05) is 12.4 Å². The average Bonchev–Trinajstić information content (AvgIpc) is 2.22. The number of rotatable bonds is 2. The minimum Gasteiger partial charge on any atom is -0.453 e. The molecule has 0 fully saturated rings. The minimum absolute atomic E-state index is 0.0500. The molecule has 0 saturated carbocycles. The maximum absolute atomic E-state index is 11.2. The van der Waals surface area contributed by atoms with E-state index in [1.807, 2.05) is 0 Å². The van der Waals surface area contributed by atoms with Gasteiger partial charge in [0.05, 0.1) is 12.8 Å². The summed E-state index contributed by atoms with van der Waals surface area (Å²) >= 11 is 6.54. The van der Waals surface area contributed by atoms with Crippen LogP contribution in [-0.2, 0) is 4.74 Å². The third kappa shape index (κ3) is 3.05. The molecule has 16 heavy (non-hydrogen) atoms. The summed E-state index contributed by atoms with van der Waals surface area (Å²) in [4.78, 5) is 22.2. The molecule has 1 amide bonds. The molecule has 1 aromatic carbocycles. The van der Waals surface area contributed by atoms with Gasteiger partial charge in [-0.25, -0.2) is 4.79 Å². The number of halogens is 2. The molecule has 0 spiro atoms. The summed E-state index contributed by atoms with van der Waals surface area (Å²) in [5.41, 5.74) is 1.08. The lowest BCUT2D eigenvalue weighted by Gasteiger charge is -2.09. The number of ether oxygens (including phenoxy) is 1. The van der Waals surface area contributed by atoms with Crippen LogP contribution >= 0.6 is 31.9 Å². The molecule has 0 aliphatic heterocycles. The van der Waals surface area contributed by atoms with Crippen molar-refractivity contribution < 1.29 is 14.3 Å². The Kier molecular flexibility index (Phi) is 4.49. The van der Waals surface area contributed by atoms with E-state index in [4.69, 9.17) is 0 Å². The first kappa shape index (κ1) is 13.2. The minimum atomic E-state index is -0.572. The predicted octanol–water partition coefficient (Wildman–Crippen LogP) is 3.59. The Labute approximate surface area is 110 Å². The van der Waals surface area contributed by atoms with Crippen LogP contribution in [0.4, 0.5) is 10.5 Å². The quantitative estimate of drug-likeness (QED) is 0.829. The molecule has 0 saturated heterocycles. The fraction of sp³-hybridized carbons (Fsp3) is 0.200. The molecule has 0 aliphatic rings. The fourth-order valence-electron chi connectivity index (χ4n) is 1.05. The molecule has 0 unspecified atom stereocenters. The van der Waals surface area contributed by atoms with Crippen molar-refractivity contribution in [2.45, 2.75) is 6.92 Å². The van der Waals surface area contributed by atoms with Crippen LogP contribution in [0.5, 0.6) is 0 Å². The molecule has 86 valence electrons. The predicted molar refractivity (Wildman–Crippen MR) is 67.9 cm³/mol. The van der Waals surface area contributed by atoms with Crippen molar-refractivity contribution in [3.8, 4) is 0 Å². The van der Waals surface area contributed by atoms with Crippen molar-refractivity contribution in [1.82, 2.24) is 0 Å². The molecular weight excluding hydrogens is 342 g/mol. The van der Waals surface area contributed by atoms with Crippen molar-refractivity contribution in [3.63, 3.8) is 0 Å². The van der Waals surface area contributed by atoms with Crippen LogP contribution in [0.2, 0.25) is 0 Å². The van der Waals surface area contributed by atoms with E-state index in [1.165, 1.54) is 14.0 Å². The summed E-state index contributed by atoms with van der Waals surface area (Å²) < 4.78 is 5.70. The van der Waals surface area contributed by atoms with Crippen molar-refractivity contribution in [1.29, 1.82) is 0 Å². The lowest BCUT2D eigenvalue weighted by Crippen LogP contribution is -2.12. The third-order valence-corrected chi connectivity index (χ3v) is 3.11. The van der Waals surface area contributed by atoms with E-state index in [0.717, 1.165) is 0 Å². The summed E-state index contributed by atoms with van der Waals surface area (Å²) in [5.74, 6) is -0.0500. The molecule has 0 aliphatic carbocycles. The van der Waals surface area contributed by atoms with Gasteiger partial charge in [-0.2, -0.15) is 0 Å². The molecule has 0 bridgehead atoms. The van der Waals surface area contributed by atoms with Gasteiger partial charge >= 0.3 is 6.09 Å². The maximum atomic E-state index is 11.2. The Morgan fingerprint density at radius 2 is 1.75 bits per heavy atom. The number of hydrogen-bond acceptors (Lipinski definition) is 3. The van der Waals surface area contributed by atoms with Crippen molar-refractivity contribution >= 4 is 49.4 Å². The van der Waals surface area contributed by atoms with Crippen LogP contribution in [0.15, 0.2) is 21.1 Å². The summed E-state index contributed by atoms with van der Waals surface area (Å²) in [6, 6.07) is 3.27. The number of carbonyl (C=O) groups is 2. The van der Waals surface area contributed by atoms with Crippen LogP contribution in [0.25, 0.3) is 0 Å². The molecular formula is C10H9Br2NO3. The second-order valence-electron chi connectivity index (χ2n) is 2.99. The molecule has 0 atom stereocenters. The van der Waals surface area contributed by atoms with Crippen molar-refractivity contribution in [2.24, 2.45) is 0 Å². The number of anilines is 1. The van der Waals surface area contributed by atoms with Gasteiger partial charge in [0.2, 0.25) is 0 Å². The van der Waals surface area contributed by atoms with Gasteiger partial charge in [-0.05, 0) is 50.9 Å². The molecule has 0 aromatic heterocycles. The summed E-state index contributed by atoms with van der Waals surface area (Å²) in [6.45, 7) is 1.47. The second-order valence-corrected chi connectivity index (χ2v) is 4.70. The van der Waals surface area contributed by atoms with Gasteiger partial charge in [-0.15, -0.1) is 0 Å². The number of amides is 1. The van der Waals surface area contributed by atoms with Crippen LogP contribution in [0, 0.1) is 0 Å². The zero-order valence-electron chi connectivity index (χ0n) is 8.64. The van der Waals surface area contributed by atoms with Gasteiger partial charge < -0.3 is 4.74 Å². The molecule has 0 heterocycles. The molecule has 1 N–H and O–H groups in total. The first-order valence-corrected chi connectivity index (χ1v) is 5.89. The smallest absolute Gasteiger partial charge is 0.411 e. The van der Waals surface area contributed by atoms with Crippen LogP contribution in [0.3, 0.4) is 0 Å². The number of hydrogen-bond donors (Lipinski definition) is 1. The highest BCUT2D eigenvalue weighted by Gasteiger charge is 2.12. The van der Waals surface area contributed by atoms with Crippen LogP contribution in [0.1, 0.15) is 17.3 Å². The first-order valence-electron chi connectivity index (χ1n) is 4.30. The summed E-state index contributed by atoms with van der Waals surface area (Å²) in [7, 11) is 1.28. The van der Waals surface area contributed by atoms with E-state index < -0.39 is 6.09 Å². The molecule has 1 rings (SSSR count). The normalized spacial score (nSPS) is 9.75. The number of carbonyl (C=O) groups excluding carboxylic acids is 2. The van der Waals surface area contributed by atoms with Crippen LogP contribution in [-0.4, -0.2) is 19.0 Å². The highest BCUT2D eigenvalue weighted by molar-refractivity contribution is 9.11. The second kappa shape index (κ2) is 5.45. The largest absolute Gasteiger partial charge is 0.453 e. The Morgan fingerprint density at radius 1 is 1.25 bits per heavy atom. The lowest BCUT2D eigenvalue weighted by molar-refractivity contribution is 0.101. The van der Waals surface area contributed by atoms with E-state index in [-0.39, 0.29) is 5.78 Å². The van der Waals surface area contributed by atoms with Crippen molar-refractivity contribution in [3.05, 3.63) is 26.6 Å². The van der Waals surface area contributed by atoms with Gasteiger partial charge in [0, 0.05) is 14.5 Å². The monoisotopic (exact) mass is 349 g/mol. The SMILES string of the molecule is COC(=O)Nc1c(Br)cc(C(C)=O)cc1Br. The number of benzene rings is 1. The average molecular weight is 351 g/mol. The zero-order valence-corrected chi connectivity index (χ0v) is 11.8. The summed E-state index contributed by atoms with van der Waals surface area (Å²) in [5, 5.41) is 2.53. The number of ketones is 1. The summed E-state index contributed by atoms with van der Waals surface area (Å²) in [6.07, 6.45) is -0.572. The zero-order chi connectivity index (χ0) is 12.3. The number of methoxy groups -OCH3 is 1. The van der Waals surface area contributed by atoms with E-state index in [0.29, 0.717) is 20.2 Å². The Morgan fingerprint density at radius 3 is 2.12 bits per heavy atom. The number of Topliss-reactive ketones (excluding diaryl/α,β-unsaturated/α-hetero) is 1. The van der Waals surface area contributed by atoms with Gasteiger partial charge in [-0.1, -0.05) is 0 Å².